The number of rotatable bonds is 16. The number of benzene rings is 4. The van der Waals surface area contributed by atoms with Gasteiger partial charge >= 0.3 is 0 Å². The Hall–Kier alpha value is -4.12. The van der Waals surface area contributed by atoms with Crippen molar-refractivity contribution in [1.82, 2.24) is 10.2 Å². The van der Waals surface area contributed by atoms with Gasteiger partial charge in [-0.15, -0.1) is 0 Å². The summed E-state index contributed by atoms with van der Waals surface area (Å²) in [5.41, 5.74) is 1.24. The zero-order valence-corrected chi connectivity index (χ0v) is 29.1. The molecule has 1 atom stereocenters. The number of hydrogen-bond donors (Lipinski definition) is 1. The van der Waals surface area contributed by atoms with E-state index in [-0.39, 0.29) is 33.6 Å². The molecule has 4 aromatic rings. The fourth-order valence-corrected chi connectivity index (χ4v) is 6.98. The molecule has 0 radical (unpaired) electrons. The highest BCUT2D eigenvalue weighted by molar-refractivity contribution is 7.92. The lowest BCUT2D eigenvalue weighted by atomic mass is 10.0. The number of halogens is 3. The van der Waals surface area contributed by atoms with Gasteiger partial charge < -0.3 is 15.0 Å². The van der Waals surface area contributed by atoms with Crippen molar-refractivity contribution in [2.24, 2.45) is 0 Å². The normalized spacial score (nSPS) is 11.9. The number of hydrogen-bond acceptors (Lipinski definition) is 5. The number of carbonyl (C=O) groups is 2. The molecule has 0 aromatic heterocycles. The molecule has 0 heterocycles. The van der Waals surface area contributed by atoms with Gasteiger partial charge in [-0.05, 0) is 79.6 Å². The largest absolute Gasteiger partial charge is 0.494 e. The molecule has 4 rings (SSSR count). The molecule has 2 amide bonds. The van der Waals surface area contributed by atoms with Crippen LogP contribution in [0.2, 0.25) is 10.0 Å². The lowest BCUT2D eigenvalue weighted by Gasteiger charge is -2.34. The fourth-order valence-electron chi connectivity index (χ4n) is 5.05. The molecule has 4 aromatic carbocycles. The highest BCUT2D eigenvalue weighted by Gasteiger charge is 2.35. The highest BCUT2D eigenvalue weighted by Crippen LogP contribution is 2.29. The van der Waals surface area contributed by atoms with Crippen LogP contribution in [0.25, 0.3) is 0 Å². The van der Waals surface area contributed by atoms with E-state index >= 15 is 0 Å². The van der Waals surface area contributed by atoms with Gasteiger partial charge in [0, 0.05) is 35.1 Å². The topological polar surface area (TPSA) is 96.0 Å². The van der Waals surface area contributed by atoms with Crippen LogP contribution >= 0.6 is 23.2 Å². The zero-order chi connectivity index (χ0) is 34.7. The molecule has 0 bridgehead atoms. The predicted octanol–water partition coefficient (Wildman–Crippen LogP) is 7.28. The summed E-state index contributed by atoms with van der Waals surface area (Å²) in [4.78, 5) is 29.6. The summed E-state index contributed by atoms with van der Waals surface area (Å²) in [7, 11) is -4.38. The first kappa shape index (κ1) is 36.7. The first-order chi connectivity index (χ1) is 23.0. The molecule has 0 saturated carbocycles. The van der Waals surface area contributed by atoms with E-state index in [0.717, 1.165) is 34.8 Å². The average Bonchev–Trinajstić information content (AvgIpc) is 3.07. The Morgan fingerprint density at radius 3 is 2.12 bits per heavy atom. The van der Waals surface area contributed by atoms with Crippen LogP contribution in [0.15, 0.2) is 102 Å². The van der Waals surface area contributed by atoms with E-state index in [1.54, 1.807) is 18.2 Å². The number of amides is 2. The summed E-state index contributed by atoms with van der Waals surface area (Å²) in [5.74, 6) is -1.21. The quantitative estimate of drug-likeness (QED) is 0.123. The Balaban J connectivity index is 1.81. The molecule has 1 N–H and O–H groups in total. The number of sulfonamides is 1. The fraction of sp³-hybridized carbons (Fsp3) is 0.278. The second-order valence-electron chi connectivity index (χ2n) is 11.0. The van der Waals surface area contributed by atoms with Gasteiger partial charge in [0.1, 0.15) is 24.2 Å². The molecule has 0 aliphatic rings. The maximum atomic E-state index is 14.6. The van der Waals surface area contributed by atoms with Gasteiger partial charge in [0.2, 0.25) is 11.8 Å². The minimum atomic E-state index is -4.38. The smallest absolute Gasteiger partial charge is 0.264 e. The first-order valence-electron chi connectivity index (χ1n) is 15.6. The van der Waals surface area contributed by atoms with Crippen LogP contribution in [-0.2, 0) is 32.6 Å². The first-order valence-corrected chi connectivity index (χ1v) is 17.8. The number of unbranched alkanes of at least 4 members (excludes halogenated alkanes) is 1. The van der Waals surface area contributed by atoms with Crippen molar-refractivity contribution in [2.75, 3.05) is 24.0 Å². The molecular weight excluding hydrogens is 676 g/mol. The summed E-state index contributed by atoms with van der Waals surface area (Å²) < 4.78 is 48.7. The summed E-state index contributed by atoms with van der Waals surface area (Å²) in [5, 5.41) is 3.49. The molecule has 0 aliphatic heterocycles. The summed E-state index contributed by atoms with van der Waals surface area (Å²) in [6, 6.07) is 23.6. The van der Waals surface area contributed by atoms with Crippen LogP contribution in [0, 0.1) is 5.82 Å². The van der Waals surface area contributed by atoms with Crippen molar-refractivity contribution in [3.8, 4) is 5.75 Å². The van der Waals surface area contributed by atoms with Gasteiger partial charge in [0.05, 0.1) is 17.2 Å². The van der Waals surface area contributed by atoms with Crippen LogP contribution in [0.4, 0.5) is 10.1 Å². The van der Waals surface area contributed by atoms with E-state index in [1.807, 2.05) is 44.2 Å². The maximum absolute atomic E-state index is 14.6. The summed E-state index contributed by atoms with van der Waals surface area (Å²) >= 11 is 13.1. The molecular formula is C36H38Cl2FN3O5S. The molecule has 12 heteroatoms. The molecule has 0 fully saturated rings. The Morgan fingerprint density at radius 2 is 1.52 bits per heavy atom. The van der Waals surface area contributed by atoms with Gasteiger partial charge in [0.15, 0.2) is 0 Å². The van der Waals surface area contributed by atoms with Crippen molar-refractivity contribution in [2.45, 2.75) is 50.6 Å². The van der Waals surface area contributed by atoms with Crippen LogP contribution in [0.1, 0.15) is 37.8 Å². The molecule has 1 unspecified atom stereocenters. The Kier molecular flexibility index (Phi) is 13.3. The molecule has 8 nitrogen and oxygen atoms in total. The second kappa shape index (κ2) is 17.3. The number of carbonyl (C=O) groups excluding carboxylic acids is 2. The molecule has 48 heavy (non-hydrogen) atoms. The molecule has 0 saturated heterocycles. The number of anilines is 1. The number of nitrogens with one attached hydrogen (secondary N) is 1. The Labute approximate surface area is 291 Å². The van der Waals surface area contributed by atoms with E-state index in [2.05, 4.69) is 5.32 Å². The van der Waals surface area contributed by atoms with E-state index in [0.29, 0.717) is 24.5 Å². The van der Waals surface area contributed by atoms with Crippen molar-refractivity contribution in [3.63, 3.8) is 0 Å². The lowest BCUT2D eigenvalue weighted by Crippen LogP contribution is -2.53. The van der Waals surface area contributed by atoms with Gasteiger partial charge in [-0.1, -0.05) is 72.9 Å². The molecule has 254 valence electrons. The monoisotopic (exact) mass is 713 g/mol. The summed E-state index contributed by atoms with van der Waals surface area (Å²) in [6.45, 7) is 3.70. The Bertz CT molecular complexity index is 1760. The van der Waals surface area contributed by atoms with E-state index in [1.165, 1.54) is 41.3 Å². The van der Waals surface area contributed by atoms with Crippen molar-refractivity contribution in [1.29, 1.82) is 0 Å². The second-order valence-corrected chi connectivity index (χ2v) is 13.6. The average molecular weight is 715 g/mol. The predicted molar refractivity (Wildman–Crippen MR) is 187 cm³/mol. The molecule has 0 spiro atoms. The maximum Gasteiger partial charge on any atom is 0.264 e. The third-order valence-electron chi connectivity index (χ3n) is 7.61. The third-order valence-corrected chi connectivity index (χ3v) is 10.1. The SMILES string of the molecule is CCCCNC(=O)C(Cc1ccccc1)N(Cc1c(Cl)cccc1Cl)C(=O)CN(c1ccc(F)cc1)S(=O)(=O)c1ccc(OCC)cc1. The van der Waals surface area contributed by atoms with Gasteiger partial charge in [-0.25, -0.2) is 12.8 Å². The standard InChI is InChI=1S/C36H38Cl2FN3O5S/c1-3-5-22-40-36(44)34(23-26-10-7-6-8-11-26)41(24-31-32(37)12-9-13-33(31)38)35(43)25-42(28-16-14-27(39)15-17-28)48(45,46)30-20-18-29(19-21-30)47-4-2/h6-21,34H,3-5,22-25H2,1-2H3,(H,40,44). The van der Waals surface area contributed by atoms with Crippen molar-refractivity contribution < 1.29 is 27.1 Å². The Morgan fingerprint density at radius 1 is 0.875 bits per heavy atom. The molecule has 0 aliphatic carbocycles. The highest BCUT2D eigenvalue weighted by atomic mass is 35.5. The van der Waals surface area contributed by atoms with E-state index < -0.39 is 40.2 Å². The van der Waals surface area contributed by atoms with Crippen LogP contribution in [-0.4, -0.2) is 50.9 Å². The number of nitrogens with zero attached hydrogens (tertiary/aromatic N) is 2. The van der Waals surface area contributed by atoms with Gasteiger partial charge in [-0.3, -0.25) is 13.9 Å². The van der Waals surface area contributed by atoms with E-state index in [4.69, 9.17) is 27.9 Å². The van der Waals surface area contributed by atoms with Crippen LogP contribution in [0.3, 0.4) is 0 Å². The third kappa shape index (κ3) is 9.49. The minimum Gasteiger partial charge on any atom is -0.494 e. The summed E-state index contributed by atoms with van der Waals surface area (Å²) in [6.07, 6.45) is 1.71. The van der Waals surface area contributed by atoms with Crippen LogP contribution in [0.5, 0.6) is 5.75 Å². The zero-order valence-electron chi connectivity index (χ0n) is 26.7. The number of ether oxygens (including phenoxy) is 1. The van der Waals surface area contributed by atoms with Crippen molar-refractivity contribution in [3.05, 3.63) is 124 Å². The van der Waals surface area contributed by atoms with Gasteiger partial charge in [0.25, 0.3) is 10.0 Å². The van der Waals surface area contributed by atoms with E-state index in [9.17, 15) is 22.4 Å². The minimum absolute atomic E-state index is 0.0568. The van der Waals surface area contributed by atoms with Gasteiger partial charge in [-0.2, -0.15) is 0 Å². The van der Waals surface area contributed by atoms with Crippen molar-refractivity contribution >= 4 is 50.7 Å². The van der Waals surface area contributed by atoms with Crippen LogP contribution < -0.4 is 14.4 Å². The lowest BCUT2D eigenvalue weighted by molar-refractivity contribution is -0.140.